The van der Waals surface area contributed by atoms with Gasteiger partial charge in [0.05, 0.1) is 10.6 Å². The molecule has 0 radical (unpaired) electrons. The third-order valence-corrected chi connectivity index (χ3v) is 3.88. The van der Waals surface area contributed by atoms with Gasteiger partial charge in [0.1, 0.15) is 0 Å². The highest BCUT2D eigenvalue weighted by molar-refractivity contribution is 7.91. The Balaban J connectivity index is 3.05. The van der Waals surface area contributed by atoms with E-state index in [4.69, 9.17) is 5.11 Å². The van der Waals surface area contributed by atoms with E-state index in [9.17, 15) is 17.6 Å². The number of alkyl halides is 1. The summed E-state index contributed by atoms with van der Waals surface area (Å²) in [4.78, 5) is 10.4. The fourth-order valence-electron chi connectivity index (χ4n) is 1.15. The van der Waals surface area contributed by atoms with E-state index in [1.54, 1.807) is 0 Å². The first-order chi connectivity index (χ1) is 7.38. The molecule has 0 aliphatic heterocycles. The van der Waals surface area contributed by atoms with Crippen molar-refractivity contribution in [2.24, 2.45) is 0 Å². The summed E-state index contributed by atoms with van der Waals surface area (Å²) in [5.41, 5.74) is -0.0671. The van der Waals surface area contributed by atoms with Crippen molar-refractivity contribution in [2.45, 2.75) is 18.0 Å². The van der Waals surface area contributed by atoms with Crippen LogP contribution in [0.5, 0.6) is 0 Å². The Morgan fingerprint density at radius 2 is 1.88 bits per heavy atom. The third kappa shape index (κ3) is 2.57. The van der Waals surface area contributed by atoms with Crippen molar-refractivity contribution in [3.63, 3.8) is 0 Å². The number of carbonyl (C=O) groups is 1. The predicted molar refractivity (Wildman–Crippen MR) is 55.7 cm³/mol. The zero-order valence-electron chi connectivity index (χ0n) is 8.55. The van der Waals surface area contributed by atoms with Crippen LogP contribution >= 0.6 is 0 Å². The smallest absolute Gasteiger partial charge is 0.343 e. The number of hydrogen-bond donors (Lipinski definition) is 1. The molecule has 0 aromatic heterocycles. The SMILES string of the molecule is CCS(=O)(=O)c1ccc(C(F)C(=O)O)cc1. The molecule has 16 heavy (non-hydrogen) atoms. The molecule has 1 atom stereocenters. The van der Waals surface area contributed by atoms with Gasteiger partial charge in [-0.3, -0.25) is 0 Å². The van der Waals surface area contributed by atoms with Crippen molar-refractivity contribution in [2.75, 3.05) is 5.75 Å². The summed E-state index contributed by atoms with van der Waals surface area (Å²) in [6.45, 7) is 1.50. The first-order valence-corrected chi connectivity index (χ1v) is 6.23. The van der Waals surface area contributed by atoms with E-state index >= 15 is 0 Å². The summed E-state index contributed by atoms with van der Waals surface area (Å²) >= 11 is 0. The van der Waals surface area contributed by atoms with Crippen molar-refractivity contribution in [1.82, 2.24) is 0 Å². The summed E-state index contributed by atoms with van der Waals surface area (Å²) in [5.74, 6) is -1.64. The average molecular weight is 246 g/mol. The van der Waals surface area contributed by atoms with E-state index in [1.165, 1.54) is 31.2 Å². The van der Waals surface area contributed by atoms with Crippen molar-refractivity contribution in [1.29, 1.82) is 0 Å². The number of sulfone groups is 1. The van der Waals surface area contributed by atoms with Gasteiger partial charge in [0.25, 0.3) is 0 Å². The number of hydrogen-bond acceptors (Lipinski definition) is 3. The maximum absolute atomic E-state index is 13.0. The Kier molecular flexibility index (Phi) is 3.64. The van der Waals surface area contributed by atoms with Crippen LogP contribution in [0.1, 0.15) is 18.7 Å². The second-order valence-corrected chi connectivity index (χ2v) is 5.45. The van der Waals surface area contributed by atoms with Crippen LogP contribution in [0.15, 0.2) is 29.2 Å². The van der Waals surface area contributed by atoms with Crippen LogP contribution in [0.3, 0.4) is 0 Å². The molecule has 0 fully saturated rings. The van der Waals surface area contributed by atoms with Crippen LogP contribution in [0.25, 0.3) is 0 Å². The quantitative estimate of drug-likeness (QED) is 0.875. The normalized spacial score (nSPS) is 13.4. The summed E-state index contributed by atoms with van der Waals surface area (Å²) < 4.78 is 35.8. The minimum Gasteiger partial charge on any atom is -0.479 e. The lowest BCUT2D eigenvalue weighted by Crippen LogP contribution is -2.07. The Hall–Kier alpha value is -1.43. The molecule has 0 saturated carbocycles. The minimum atomic E-state index is -3.33. The molecule has 0 aliphatic carbocycles. The molecule has 1 unspecified atom stereocenters. The molecule has 4 nitrogen and oxygen atoms in total. The van der Waals surface area contributed by atoms with Gasteiger partial charge < -0.3 is 5.11 Å². The lowest BCUT2D eigenvalue weighted by atomic mass is 10.1. The molecule has 0 amide bonds. The average Bonchev–Trinajstić information content (AvgIpc) is 2.28. The summed E-state index contributed by atoms with van der Waals surface area (Å²) in [6, 6.07) is 4.76. The van der Waals surface area contributed by atoms with Gasteiger partial charge in [-0.1, -0.05) is 19.1 Å². The maximum Gasteiger partial charge on any atom is 0.343 e. The highest BCUT2D eigenvalue weighted by atomic mass is 32.2. The van der Waals surface area contributed by atoms with Gasteiger partial charge in [-0.15, -0.1) is 0 Å². The van der Waals surface area contributed by atoms with E-state index in [0.29, 0.717) is 0 Å². The number of carboxylic acids is 1. The molecule has 0 heterocycles. The van der Waals surface area contributed by atoms with Crippen LogP contribution in [0.2, 0.25) is 0 Å². The first-order valence-electron chi connectivity index (χ1n) is 4.58. The lowest BCUT2D eigenvalue weighted by Gasteiger charge is -2.05. The number of aliphatic carboxylic acids is 1. The number of benzene rings is 1. The molecule has 1 aromatic rings. The Morgan fingerprint density at radius 3 is 2.25 bits per heavy atom. The molecule has 88 valence electrons. The van der Waals surface area contributed by atoms with E-state index in [2.05, 4.69) is 0 Å². The van der Waals surface area contributed by atoms with Crippen LogP contribution in [0.4, 0.5) is 4.39 Å². The second-order valence-electron chi connectivity index (χ2n) is 3.17. The van der Waals surface area contributed by atoms with Crippen LogP contribution < -0.4 is 0 Å². The Morgan fingerprint density at radius 1 is 1.38 bits per heavy atom. The topological polar surface area (TPSA) is 71.4 Å². The van der Waals surface area contributed by atoms with Crippen LogP contribution in [-0.4, -0.2) is 25.2 Å². The van der Waals surface area contributed by atoms with Crippen molar-refractivity contribution >= 4 is 15.8 Å². The molecule has 0 saturated heterocycles. The molecule has 1 N–H and O–H groups in total. The first kappa shape index (κ1) is 12.6. The summed E-state index contributed by atoms with van der Waals surface area (Å²) in [5, 5.41) is 8.42. The zero-order chi connectivity index (χ0) is 12.3. The van der Waals surface area contributed by atoms with Gasteiger partial charge in [0.15, 0.2) is 9.84 Å². The van der Waals surface area contributed by atoms with Gasteiger partial charge in [-0.25, -0.2) is 17.6 Å². The monoisotopic (exact) mass is 246 g/mol. The fraction of sp³-hybridized carbons (Fsp3) is 0.300. The van der Waals surface area contributed by atoms with Crippen molar-refractivity contribution in [3.8, 4) is 0 Å². The second kappa shape index (κ2) is 4.61. The molecular weight excluding hydrogens is 235 g/mol. The van der Waals surface area contributed by atoms with E-state index < -0.39 is 22.0 Å². The lowest BCUT2D eigenvalue weighted by molar-refractivity contribution is -0.143. The van der Waals surface area contributed by atoms with Crippen molar-refractivity contribution in [3.05, 3.63) is 29.8 Å². The largest absolute Gasteiger partial charge is 0.479 e. The van der Waals surface area contributed by atoms with Gasteiger partial charge in [-0.2, -0.15) is 0 Å². The number of carboxylic acid groups (broad SMARTS) is 1. The van der Waals surface area contributed by atoms with Crippen LogP contribution in [0, 0.1) is 0 Å². The van der Waals surface area contributed by atoms with Crippen LogP contribution in [-0.2, 0) is 14.6 Å². The molecule has 0 aliphatic rings. The molecule has 1 rings (SSSR count). The number of rotatable bonds is 4. The third-order valence-electron chi connectivity index (χ3n) is 2.13. The highest BCUT2D eigenvalue weighted by Gasteiger charge is 2.19. The summed E-state index contributed by atoms with van der Waals surface area (Å²) in [7, 11) is -3.33. The van der Waals surface area contributed by atoms with Gasteiger partial charge in [0.2, 0.25) is 6.17 Å². The highest BCUT2D eigenvalue weighted by Crippen LogP contribution is 2.20. The molecule has 6 heteroatoms. The molecule has 0 spiro atoms. The maximum atomic E-state index is 13.0. The Labute approximate surface area is 92.6 Å². The van der Waals surface area contributed by atoms with Crippen molar-refractivity contribution < 1.29 is 22.7 Å². The van der Waals surface area contributed by atoms with E-state index in [1.807, 2.05) is 0 Å². The molecular formula is C10H11FO4S. The summed E-state index contributed by atoms with van der Waals surface area (Å²) in [6.07, 6.45) is -2.13. The number of halogens is 1. The fourth-order valence-corrected chi connectivity index (χ4v) is 2.04. The van der Waals surface area contributed by atoms with Gasteiger partial charge >= 0.3 is 5.97 Å². The van der Waals surface area contributed by atoms with E-state index in [0.717, 1.165) is 0 Å². The standard InChI is InChI=1S/C10H11FO4S/c1-2-16(14,15)8-5-3-7(4-6-8)9(11)10(12)13/h3-6,9H,2H2,1H3,(H,12,13). The van der Waals surface area contributed by atoms with E-state index in [-0.39, 0.29) is 16.2 Å². The molecule has 1 aromatic carbocycles. The Bertz CT molecular complexity index is 478. The minimum absolute atomic E-state index is 0.0513. The van der Waals surface area contributed by atoms with Gasteiger partial charge in [0, 0.05) is 0 Å². The predicted octanol–water partition coefficient (Wildman–Crippen LogP) is 1.58. The van der Waals surface area contributed by atoms with Gasteiger partial charge in [-0.05, 0) is 17.7 Å². The zero-order valence-corrected chi connectivity index (χ0v) is 9.37. The molecule has 0 bridgehead atoms.